The molecule has 0 bridgehead atoms. The molecule has 0 aliphatic heterocycles. The summed E-state index contributed by atoms with van der Waals surface area (Å²) in [6.07, 6.45) is 1.25. The largest absolute Gasteiger partial charge is 0.281 e. The molecule has 10 nitrogen and oxygen atoms in total. The SMILES string of the molecule is O=c1nc(N/N=C/c2ccccc2[N+](=O)[O-])sc2ccc([N+](=O)[O-])cc12. The number of fused-ring (bicyclic) bond motifs is 1. The first-order valence-electron chi connectivity index (χ1n) is 7.07. The summed E-state index contributed by atoms with van der Waals surface area (Å²) in [7, 11) is 0. The molecule has 0 fully saturated rings. The summed E-state index contributed by atoms with van der Waals surface area (Å²) in [5, 5.41) is 25.9. The van der Waals surface area contributed by atoms with Gasteiger partial charge in [0.15, 0.2) is 0 Å². The summed E-state index contributed by atoms with van der Waals surface area (Å²) in [5.41, 5.74) is 1.90. The number of nitro groups is 2. The van der Waals surface area contributed by atoms with Crippen LogP contribution >= 0.6 is 11.3 Å². The van der Waals surface area contributed by atoms with Gasteiger partial charge in [-0.3, -0.25) is 30.4 Å². The lowest BCUT2D eigenvalue weighted by Crippen LogP contribution is -2.08. The third kappa shape index (κ3) is 3.52. The molecular weight excluding hydrogens is 362 g/mol. The molecule has 0 saturated carbocycles. The predicted octanol–water partition coefficient (Wildman–Crippen LogP) is 2.92. The maximum absolute atomic E-state index is 12.0. The second-order valence-corrected chi connectivity index (χ2v) is 5.98. The first-order valence-corrected chi connectivity index (χ1v) is 7.89. The Morgan fingerprint density at radius 3 is 2.62 bits per heavy atom. The molecule has 0 aliphatic carbocycles. The van der Waals surface area contributed by atoms with Crippen molar-refractivity contribution < 1.29 is 9.85 Å². The molecule has 0 saturated heterocycles. The van der Waals surface area contributed by atoms with Crippen LogP contribution in [-0.4, -0.2) is 21.0 Å². The van der Waals surface area contributed by atoms with Gasteiger partial charge in [0.1, 0.15) is 0 Å². The highest BCUT2D eigenvalue weighted by Gasteiger charge is 2.12. The van der Waals surface area contributed by atoms with E-state index in [1.165, 1.54) is 36.5 Å². The van der Waals surface area contributed by atoms with Crippen molar-refractivity contribution in [1.82, 2.24) is 4.98 Å². The lowest BCUT2D eigenvalue weighted by Gasteiger charge is -2.01. The molecule has 0 unspecified atom stereocenters. The number of nitrogens with one attached hydrogen (secondary N) is 1. The summed E-state index contributed by atoms with van der Waals surface area (Å²) in [5.74, 6) is 0. The maximum atomic E-state index is 12.0. The van der Waals surface area contributed by atoms with E-state index in [-0.39, 0.29) is 27.5 Å². The number of non-ortho nitro benzene ring substituents is 1. The number of nitrogens with zero attached hydrogens (tertiary/aromatic N) is 4. The van der Waals surface area contributed by atoms with E-state index in [4.69, 9.17) is 0 Å². The minimum absolute atomic E-state index is 0.106. The van der Waals surface area contributed by atoms with E-state index in [9.17, 15) is 25.0 Å². The van der Waals surface area contributed by atoms with Gasteiger partial charge in [0, 0.05) is 22.9 Å². The average Bonchev–Trinajstić information content (AvgIpc) is 2.61. The lowest BCUT2D eigenvalue weighted by molar-refractivity contribution is -0.385. The number of anilines is 1. The summed E-state index contributed by atoms with van der Waals surface area (Å²) in [6, 6.07) is 9.96. The normalized spacial score (nSPS) is 10.9. The number of para-hydroxylation sites is 1. The second-order valence-electron chi connectivity index (χ2n) is 4.95. The number of benzene rings is 2. The average molecular weight is 371 g/mol. The number of rotatable bonds is 5. The molecule has 1 N–H and O–H groups in total. The van der Waals surface area contributed by atoms with Crippen LogP contribution in [0, 0.1) is 20.2 Å². The summed E-state index contributed by atoms with van der Waals surface area (Å²) in [4.78, 5) is 36.4. The van der Waals surface area contributed by atoms with E-state index in [0.29, 0.717) is 4.70 Å². The number of aromatic nitrogens is 1. The van der Waals surface area contributed by atoms with E-state index in [0.717, 1.165) is 11.3 Å². The molecule has 0 amide bonds. The van der Waals surface area contributed by atoms with Crippen molar-refractivity contribution in [3.05, 3.63) is 78.6 Å². The smallest absolute Gasteiger partial charge is 0.267 e. The van der Waals surface area contributed by atoms with Crippen molar-refractivity contribution >= 4 is 44.1 Å². The van der Waals surface area contributed by atoms with Crippen molar-refractivity contribution in [2.75, 3.05) is 5.43 Å². The molecule has 0 atom stereocenters. The highest BCUT2D eigenvalue weighted by atomic mass is 32.1. The number of hydrogen-bond acceptors (Lipinski definition) is 9. The highest BCUT2D eigenvalue weighted by Crippen LogP contribution is 2.24. The monoisotopic (exact) mass is 371 g/mol. The number of nitro benzene ring substituents is 2. The van der Waals surface area contributed by atoms with Gasteiger partial charge in [-0.15, -0.1) is 0 Å². The zero-order valence-corrected chi connectivity index (χ0v) is 13.7. The fourth-order valence-corrected chi connectivity index (χ4v) is 2.96. The molecule has 3 rings (SSSR count). The van der Waals surface area contributed by atoms with Gasteiger partial charge in [-0.2, -0.15) is 10.1 Å². The van der Waals surface area contributed by atoms with Crippen LogP contribution < -0.4 is 11.0 Å². The molecule has 3 aromatic rings. The molecule has 0 spiro atoms. The van der Waals surface area contributed by atoms with Crippen LogP contribution in [0.5, 0.6) is 0 Å². The van der Waals surface area contributed by atoms with Gasteiger partial charge in [0.05, 0.1) is 27.0 Å². The van der Waals surface area contributed by atoms with Crippen molar-refractivity contribution in [3.8, 4) is 0 Å². The maximum Gasteiger partial charge on any atom is 0.281 e. The van der Waals surface area contributed by atoms with E-state index in [1.54, 1.807) is 12.1 Å². The Bertz CT molecular complexity index is 1110. The van der Waals surface area contributed by atoms with Crippen LogP contribution in [0.25, 0.3) is 10.1 Å². The third-order valence-electron chi connectivity index (χ3n) is 3.31. The second kappa shape index (κ2) is 7.03. The van der Waals surface area contributed by atoms with Crippen molar-refractivity contribution in [2.24, 2.45) is 5.10 Å². The first-order chi connectivity index (χ1) is 12.5. The Hall–Kier alpha value is -3.73. The standard InChI is InChI=1S/C15H9N5O5S/c21-14-11-7-10(19(22)23)5-6-13(11)26-15(17-14)18-16-8-9-3-1-2-4-12(9)20(24)25/h1-8H,(H,17,18,21)/b16-8+. The van der Waals surface area contributed by atoms with Crippen LogP contribution in [0.2, 0.25) is 0 Å². The summed E-state index contributed by atoms with van der Waals surface area (Å²) >= 11 is 1.07. The van der Waals surface area contributed by atoms with Gasteiger partial charge < -0.3 is 0 Å². The number of hydrazone groups is 1. The van der Waals surface area contributed by atoms with Crippen molar-refractivity contribution in [1.29, 1.82) is 0 Å². The highest BCUT2D eigenvalue weighted by molar-refractivity contribution is 7.21. The van der Waals surface area contributed by atoms with Crippen molar-refractivity contribution in [3.63, 3.8) is 0 Å². The Balaban J connectivity index is 1.88. The predicted molar refractivity (Wildman–Crippen MR) is 96.9 cm³/mol. The van der Waals surface area contributed by atoms with Crippen molar-refractivity contribution in [2.45, 2.75) is 0 Å². The van der Waals surface area contributed by atoms with Crippen LogP contribution in [0.15, 0.2) is 52.4 Å². The fourth-order valence-electron chi connectivity index (χ4n) is 2.13. The molecule has 2 aromatic carbocycles. The molecule has 11 heteroatoms. The quantitative estimate of drug-likeness (QED) is 0.413. The van der Waals surface area contributed by atoms with E-state index < -0.39 is 15.4 Å². The third-order valence-corrected chi connectivity index (χ3v) is 4.26. The van der Waals surface area contributed by atoms with Gasteiger partial charge >= 0.3 is 0 Å². The first kappa shape index (κ1) is 17.1. The Morgan fingerprint density at radius 1 is 1.12 bits per heavy atom. The van der Waals surface area contributed by atoms with E-state index >= 15 is 0 Å². The van der Waals surface area contributed by atoms with Gasteiger partial charge in [-0.1, -0.05) is 23.5 Å². The van der Waals surface area contributed by atoms with Crippen LogP contribution in [0.3, 0.4) is 0 Å². The topological polar surface area (TPSA) is 141 Å². The Morgan fingerprint density at radius 2 is 1.88 bits per heavy atom. The van der Waals surface area contributed by atoms with Gasteiger partial charge in [-0.05, 0) is 12.1 Å². The molecule has 26 heavy (non-hydrogen) atoms. The van der Waals surface area contributed by atoms with Crippen LogP contribution in [0.1, 0.15) is 5.56 Å². The molecule has 130 valence electrons. The zero-order valence-electron chi connectivity index (χ0n) is 12.9. The molecular formula is C15H9N5O5S. The molecule has 1 aromatic heterocycles. The van der Waals surface area contributed by atoms with Gasteiger partial charge in [0.25, 0.3) is 16.9 Å². The Kier molecular flexibility index (Phi) is 4.62. The minimum atomic E-state index is -0.633. The molecule has 0 radical (unpaired) electrons. The summed E-state index contributed by atoms with van der Waals surface area (Å²) < 4.78 is 0.499. The van der Waals surface area contributed by atoms with Gasteiger partial charge in [0.2, 0.25) is 5.13 Å². The zero-order chi connectivity index (χ0) is 18.7. The van der Waals surface area contributed by atoms with Gasteiger partial charge in [-0.25, -0.2) is 0 Å². The molecule has 0 aliphatic rings. The van der Waals surface area contributed by atoms with Crippen LogP contribution in [0.4, 0.5) is 16.5 Å². The fraction of sp³-hybridized carbons (Fsp3) is 0. The lowest BCUT2D eigenvalue weighted by atomic mass is 10.2. The molecule has 1 heterocycles. The Labute approximate surface area is 148 Å². The van der Waals surface area contributed by atoms with Crippen LogP contribution in [-0.2, 0) is 0 Å². The van der Waals surface area contributed by atoms with E-state index in [1.807, 2.05) is 0 Å². The summed E-state index contributed by atoms with van der Waals surface area (Å²) in [6.45, 7) is 0. The number of hydrogen-bond donors (Lipinski definition) is 1. The van der Waals surface area contributed by atoms with E-state index in [2.05, 4.69) is 15.5 Å². The minimum Gasteiger partial charge on any atom is -0.267 e.